The van der Waals surface area contributed by atoms with Crippen LogP contribution >= 0.6 is 11.6 Å². The fourth-order valence-electron chi connectivity index (χ4n) is 3.05. The molecule has 0 unspecified atom stereocenters. The van der Waals surface area contributed by atoms with E-state index in [0.717, 1.165) is 43.7 Å². The van der Waals surface area contributed by atoms with Crippen LogP contribution in [-0.2, 0) is 4.79 Å². The summed E-state index contributed by atoms with van der Waals surface area (Å²) in [6.07, 6.45) is 0. The maximum absolute atomic E-state index is 12.0. The first-order chi connectivity index (χ1) is 9.20. The van der Waals surface area contributed by atoms with Crippen molar-refractivity contribution in [1.82, 2.24) is 10.2 Å². The van der Waals surface area contributed by atoms with E-state index in [1.165, 1.54) is 0 Å². The number of hydrogen-bond donors (Lipinski definition) is 2. The first-order valence-electron chi connectivity index (χ1n) is 6.69. The van der Waals surface area contributed by atoms with E-state index in [9.17, 15) is 4.79 Å². The van der Waals surface area contributed by atoms with Crippen molar-refractivity contribution in [3.63, 3.8) is 0 Å². The Morgan fingerprint density at radius 3 is 2.79 bits per heavy atom. The van der Waals surface area contributed by atoms with Gasteiger partial charge in [-0.2, -0.15) is 0 Å². The minimum atomic E-state index is 0.0372. The van der Waals surface area contributed by atoms with E-state index < -0.39 is 0 Å². The summed E-state index contributed by atoms with van der Waals surface area (Å²) in [6, 6.07) is 7.25. The number of nitrogens with zero attached hydrogens (tertiary/aromatic N) is 1. The van der Waals surface area contributed by atoms with Gasteiger partial charge in [-0.15, -0.1) is 0 Å². The molecule has 2 atom stereocenters. The second-order valence-corrected chi connectivity index (χ2v) is 5.87. The Hall–Kier alpha value is -1.10. The Labute approximate surface area is 118 Å². The third kappa shape index (κ3) is 3.08. The van der Waals surface area contributed by atoms with Gasteiger partial charge >= 0.3 is 0 Å². The molecule has 0 radical (unpaired) electrons. The Kier molecular flexibility index (Phi) is 3.73. The molecule has 0 aliphatic carbocycles. The van der Waals surface area contributed by atoms with E-state index >= 15 is 0 Å². The molecule has 0 spiro atoms. The van der Waals surface area contributed by atoms with Gasteiger partial charge in [0, 0.05) is 23.8 Å². The van der Waals surface area contributed by atoms with Crippen molar-refractivity contribution in [3.05, 3.63) is 29.3 Å². The van der Waals surface area contributed by atoms with E-state index in [1.54, 1.807) is 12.1 Å². The number of carbonyl (C=O) groups is 1. The summed E-state index contributed by atoms with van der Waals surface area (Å²) < 4.78 is 0. The van der Waals surface area contributed by atoms with Gasteiger partial charge in [-0.25, -0.2) is 0 Å². The van der Waals surface area contributed by atoms with Gasteiger partial charge in [-0.3, -0.25) is 9.69 Å². The van der Waals surface area contributed by atoms with Gasteiger partial charge in [0.05, 0.1) is 6.54 Å². The average Bonchev–Trinajstić information content (AvgIpc) is 2.89. The third-order valence-corrected chi connectivity index (χ3v) is 4.18. The second kappa shape index (κ2) is 5.49. The Morgan fingerprint density at radius 2 is 2.11 bits per heavy atom. The summed E-state index contributed by atoms with van der Waals surface area (Å²) in [5, 5.41) is 6.94. The van der Waals surface area contributed by atoms with Gasteiger partial charge in [0.15, 0.2) is 0 Å². The first kappa shape index (κ1) is 12.9. The summed E-state index contributed by atoms with van der Waals surface area (Å²) in [7, 11) is 0. The Morgan fingerprint density at radius 1 is 1.37 bits per heavy atom. The summed E-state index contributed by atoms with van der Waals surface area (Å²) in [4.78, 5) is 14.2. The zero-order chi connectivity index (χ0) is 13.2. The minimum absolute atomic E-state index is 0.0372. The number of nitrogens with one attached hydrogen (secondary N) is 2. The quantitative estimate of drug-likeness (QED) is 0.880. The van der Waals surface area contributed by atoms with E-state index in [1.807, 2.05) is 12.1 Å². The van der Waals surface area contributed by atoms with Crippen LogP contribution in [0.4, 0.5) is 5.69 Å². The van der Waals surface area contributed by atoms with Gasteiger partial charge in [0.25, 0.3) is 0 Å². The minimum Gasteiger partial charge on any atom is -0.325 e. The molecule has 2 heterocycles. The number of rotatable bonds is 3. The lowest BCUT2D eigenvalue weighted by Crippen LogP contribution is -2.33. The summed E-state index contributed by atoms with van der Waals surface area (Å²) in [5.74, 6) is 1.48. The van der Waals surface area contributed by atoms with Crippen LogP contribution in [0.2, 0.25) is 5.02 Å². The SMILES string of the molecule is O=C(CN1C[C@H]2CNC[C@H]2C1)Nc1cccc(Cl)c1. The molecule has 1 aromatic carbocycles. The van der Waals surface area contributed by atoms with Crippen molar-refractivity contribution >= 4 is 23.2 Å². The van der Waals surface area contributed by atoms with Crippen LogP contribution in [0.15, 0.2) is 24.3 Å². The number of anilines is 1. The highest BCUT2D eigenvalue weighted by Crippen LogP contribution is 2.25. The molecule has 3 rings (SSSR count). The normalized spacial score (nSPS) is 26.4. The standard InChI is InChI=1S/C14H18ClN3O/c15-12-2-1-3-13(4-12)17-14(19)9-18-7-10-5-16-6-11(10)8-18/h1-4,10-11,16H,5-9H2,(H,17,19)/t10-,11+. The Bertz CT molecular complexity index is 468. The van der Waals surface area contributed by atoms with Crippen LogP contribution in [0.5, 0.6) is 0 Å². The molecule has 102 valence electrons. The largest absolute Gasteiger partial charge is 0.325 e. The van der Waals surface area contributed by atoms with Crippen molar-refractivity contribution in [2.75, 3.05) is 38.0 Å². The lowest BCUT2D eigenvalue weighted by atomic mass is 10.0. The number of fused-ring (bicyclic) bond motifs is 1. The van der Waals surface area contributed by atoms with E-state index in [2.05, 4.69) is 15.5 Å². The molecule has 2 aliphatic rings. The van der Waals surface area contributed by atoms with Crippen molar-refractivity contribution in [2.24, 2.45) is 11.8 Å². The van der Waals surface area contributed by atoms with E-state index in [-0.39, 0.29) is 5.91 Å². The molecule has 2 saturated heterocycles. The maximum atomic E-state index is 12.0. The zero-order valence-electron chi connectivity index (χ0n) is 10.7. The molecule has 0 bridgehead atoms. The molecule has 2 fully saturated rings. The topological polar surface area (TPSA) is 44.4 Å². The highest BCUT2D eigenvalue weighted by molar-refractivity contribution is 6.30. The predicted molar refractivity (Wildman–Crippen MR) is 76.4 cm³/mol. The summed E-state index contributed by atoms with van der Waals surface area (Å²) in [6.45, 7) is 4.72. The summed E-state index contributed by atoms with van der Waals surface area (Å²) >= 11 is 5.89. The van der Waals surface area contributed by atoms with Gasteiger partial charge in [-0.1, -0.05) is 17.7 Å². The van der Waals surface area contributed by atoms with Crippen molar-refractivity contribution in [3.8, 4) is 0 Å². The monoisotopic (exact) mass is 279 g/mol. The molecule has 4 nitrogen and oxygen atoms in total. The molecule has 2 aliphatic heterocycles. The fraction of sp³-hybridized carbons (Fsp3) is 0.500. The van der Waals surface area contributed by atoms with E-state index in [4.69, 9.17) is 11.6 Å². The molecule has 0 aromatic heterocycles. The molecule has 19 heavy (non-hydrogen) atoms. The number of carbonyl (C=O) groups excluding carboxylic acids is 1. The summed E-state index contributed by atoms with van der Waals surface area (Å²) in [5.41, 5.74) is 0.763. The zero-order valence-corrected chi connectivity index (χ0v) is 11.5. The lowest BCUT2D eigenvalue weighted by molar-refractivity contribution is -0.117. The van der Waals surface area contributed by atoms with Gasteiger partial charge in [-0.05, 0) is 43.1 Å². The van der Waals surface area contributed by atoms with Crippen molar-refractivity contribution in [2.45, 2.75) is 0 Å². The molecule has 5 heteroatoms. The molecular weight excluding hydrogens is 262 g/mol. The maximum Gasteiger partial charge on any atom is 0.238 e. The van der Waals surface area contributed by atoms with Crippen LogP contribution in [0.25, 0.3) is 0 Å². The van der Waals surface area contributed by atoms with Crippen LogP contribution < -0.4 is 10.6 Å². The molecule has 0 saturated carbocycles. The van der Waals surface area contributed by atoms with Gasteiger partial charge < -0.3 is 10.6 Å². The van der Waals surface area contributed by atoms with Crippen LogP contribution in [0, 0.1) is 11.8 Å². The first-order valence-corrected chi connectivity index (χ1v) is 7.07. The highest BCUT2D eigenvalue weighted by atomic mass is 35.5. The second-order valence-electron chi connectivity index (χ2n) is 5.43. The number of benzene rings is 1. The molecule has 1 aromatic rings. The number of amides is 1. The van der Waals surface area contributed by atoms with Crippen LogP contribution in [-0.4, -0.2) is 43.5 Å². The number of halogens is 1. The Balaban J connectivity index is 1.52. The molecule has 2 N–H and O–H groups in total. The lowest BCUT2D eigenvalue weighted by Gasteiger charge is -2.16. The van der Waals surface area contributed by atoms with Crippen molar-refractivity contribution in [1.29, 1.82) is 0 Å². The number of likely N-dealkylation sites (tertiary alicyclic amines) is 1. The highest BCUT2D eigenvalue weighted by Gasteiger charge is 2.36. The average molecular weight is 280 g/mol. The molecular formula is C14H18ClN3O. The van der Waals surface area contributed by atoms with Crippen LogP contribution in [0.3, 0.4) is 0 Å². The molecule has 1 amide bonds. The van der Waals surface area contributed by atoms with E-state index in [0.29, 0.717) is 11.6 Å². The smallest absolute Gasteiger partial charge is 0.238 e. The predicted octanol–water partition coefficient (Wildman–Crippen LogP) is 1.43. The van der Waals surface area contributed by atoms with Gasteiger partial charge in [0.1, 0.15) is 0 Å². The number of hydrogen-bond acceptors (Lipinski definition) is 3. The van der Waals surface area contributed by atoms with Gasteiger partial charge in [0.2, 0.25) is 5.91 Å². The van der Waals surface area contributed by atoms with Crippen molar-refractivity contribution < 1.29 is 4.79 Å². The fourth-order valence-corrected chi connectivity index (χ4v) is 3.24. The van der Waals surface area contributed by atoms with Crippen LogP contribution in [0.1, 0.15) is 0 Å². The third-order valence-electron chi connectivity index (χ3n) is 3.94.